The molecule has 0 aliphatic carbocycles. The van der Waals surface area contributed by atoms with Gasteiger partial charge in [-0.2, -0.15) is 10.1 Å². The molecule has 0 aliphatic rings. The molecule has 0 saturated heterocycles. The molecule has 25 heavy (non-hydrogen) atoms. The highest BCUT2D eigenvalue weighted by atomic mass is 35.5. The molecule has 3 aromatic rings. The van der Waals surface area contributed by atoms with Crippen LogP contribution in [0.5, 0.6) is 5.75 Å². The number of hydrogen-bond acceptors (Lipinski definition) is 6. The van der Waals surface area contributed by atoms with E-state index in [2.05, 4.69) is 25.8 Å². The Morgan fingerprint density at radius 2 is 1.84 bits per heavy atom. The lowest BCUT2D eigenvalue weighted by Gasteiger charge is -2.12. The van der Waals surface area contributed by atoms with Crippen LogP contribution in [0.3, 0.4) is 0 Å². The Morgan fingerprint density at radius 1 is 1.00 bits per heavy atom. The van der Waals surface area contributed by atoms with E-state index in [4.69, 9.17) is 16.3 Å². The number of ether oxygens (including phenoxy) is 1. The van der Waals surface area contributed by atoms with E-state index < -0.39 is 0 Å². The fourth-order valence-electron chi connectivity index (χ4n) is 2.32. The molecule has 0 spiro atoms. The quantitative estimate of drug-likeness (QED) is 0.694. The van der Waals surface area contributed by atoms with Gasteiger partial charge in [-0.05, 0) is 49.2 Å². The van der Waals surface area contributed by atoms with Gasteiger partial charge in [0.1, 0.15) is 5.75 Å². The number of benzene rings is 2. The first-order chi connectivity index (χ1) is 12.0. The van der Waals surface area contributed by atoms with Crippen LogP contribution in [0.1, 0.15) is 11.1 Å². The predicted molar refractivity (Wildman–Crippen MR) is 100 cm³/mol. The van der Waals surface area contributed by atoms with Crippen LogP contribution in [0.4, 0.5) is 23.1 Å². The summed E-state index contributed by atoms with van der Waals surface area (Å²) >= 11 is 6.06. The molecule has 0 amide bonds. The van der Waals surface area contributed by atoms with Crippen LogP contribution in [0.25, 0.3) is 0 Å². The molecule has 2 aromatic carbocycles. The molecule has 1 aromatic heterocycles. The minimum Gasteiger partial charge on any atom is -0.495 e. The van der Waals surface area contributed by atoms with Crippen molar-refractivity contribution in [3.8, 4) is 5.75 Å². The summed E-state index contributed by atoms with van der Waals surface area (Å²) in [7, 11) is 1.62. The maximum atomic E-state index is 6.06. The van der Waals surface area contributed by atoms with Crippen molar-refractivity contribution in [1.29, 1.82) is 0 Å². The average Bonchev–Trinajstić information content (AvgIpc) is 2.59. The molecular weight excluding hydrogens is 338 g/mol. The highest BCUT2D eigenvalue weighted by molar-refractivity contribution is 6.30. The van der Waals surface area contributed by atoms with E-state index in [0.717, 1.165) is 22.5 Å². The van der Waals surface area contributed by atoms with Gasteiger partial charge in [0.2, 0.25) is 5.95 Å². The van der Waals surface area contributed by atoms with Crippen LogP contribution in [0.15, 0.2) is 42.6 Å². The minimum atomic E-state index is 0.369. The maximum absolute atomic E-state index is 6.06. The lowest BCUT2D eigenvalue weighted by atomic mass is 10.2. The van der Waals surface area contributed by atoms with Gasteiger partial charge in [0, 0.05) is 10.7 Å². The molecule has 0 saturated carbocycles. The summed E-state index contributed by atoms with van der Waals surface area (Å²) in [4.78, 5) is 4.44. The van der Waals surface area contributed by atoms with Crippen LogP contribution >= 0.6 is 11.6 Å². The van der Waals surface area contributed by atoms with Crippen molar-refractivity contribution >= 4 is 34.7 Å². The van der Waals surface area contributed by atoms with Crippen molar-refractivity contribution in [1.82, 2.24) is 15.2 Å². The summed E-state index contributed by atoms with van der Waals surface area (Å²) < 4.78 is 5.36. The molecule has 0 aliphatic heterocycles. The first-order valence-electron chi connectivity index (χ1n) is 7.70. The Kier molecular flexibility index (Phi) is 5.00. The van der Waals surface area contributed by atoms with Crippen LogP contribution in [-0.2, 0) is 0 Å². The van der Waals surface area contributed by atoms with E-state index in [1.54, 1.807) is 13.3 Å². The molecule has 128 valence electrons. The van der Waals surface area contributed by atoms with Crippen LogP contribution < -0.4 is 15.4 Å². The third-order valence-electron chi connectivity index (χ3n) is 3.62. The Labute approximate surface area is 151 Å². The Bertz CT molecular complexity index is 900. The zero-order valence-corrected chi connectivity index (χ0v) is 14.9. The summed E-state index contributed by atoms with van der Waals surface area (Å²) in [5.41, 5.74) is 3.80. The van der Waals surface area contributed by atoms with Gasteiger partial charge in [-0.3, -0.25) is 0 Å². The number of aryl methyl sites for hydroxylation is 2. The molecule has 0 radical (unpaired) electrons. The fourth-order valence-corrected chi connectivity index (χ4v) is 2.50. The van der Waals surface area contributed by atoms with Gasteiger partial charge in [0.05, 0.1) is 19.0 Å². The Hall–Kier alpha value is -2.86. The number of rotatable bonds is 5. The smallest absolute Gasteiger partial charge is 0.249 e. The van der Waals surface area contributed by atoms with Crippen molar-refractivity contribution in [3.05, 3.63) is 58.7 Å². The first kappa shape index (κ1) is 17.0. The highest BCUT2D eigenvalue weighted by Crippen LogP contribution is 2.28. The molecular formula is C18H18ClN5O. The number of anilines is 4. The second kappa shape index (κ2) is 7.36. The van der Waals surface area contributed by atoms with Crippen molar-refractivity contribution < 1.29 is 4.74 Å². The SMILES string of the molecule is COc1ccc(C)cc1Nc1nncc(Nc2cc(Cl)ccc2C)n1. The predicted octanol–water partition coefficient (Wildman–Crippen LogP) is 4.64. The molecule has 7 heteroatoms. The van der Waals surface area contributed by atoms with E-state index >= 15 is 0 Å². The number of halogens is 1. The van der Waals surface area contributed by atoms with Gasteiger partial charge >= 0.3 is 0 Å². The van der Waals surface area contributed by atoms with E-state index in [1.807, 2.05) is 50.2 Å². The molecule has 3 rings (SSSR count). The Balaban J connectivity index is 1.85. The van der Waals surface area contributed by atoms with Gasteiger partial charge in [-0.1, -0.05) is 23.7 Å². The van der Waals surface area contributed by atoms with Crippen LogP contribution in [0.2, 0.25) is 5.02 Å². The largest absolute Gasteiger partial charge is 0.495 e. The maximum Gasteiger partial charge on any atom is 0.249 e. The average molecular weight is 356 g/mol. The molecule has 1 heterocycles. The third kappa shape index (κ3) is 4.16. The summed E-state index contributed by atoms with van der Waals surface area (Å²) in [6, 6.07) is 11.5. The lowest BCUT2D eigenvalue weighted by molar-refractivity contribution is 0.416. The molecule has 6 nitrogen and oxygen atoms in total. The highest BCUT2D eigenvalue weighted by Gasteiger charge is 2.08. The van der Waals surface area contributed by atoms with Gasteiger partial charge < -0.3 is 15.4 Å². The number of aromatic nitrogens is 3. The topological polar surface area (TPSA) is 72.0 Å². The number of hydrogen-bond donors (Lipinski definition) is 2. The van der Waals surface area contributed by atoms with Gasteiger partial charge in [0.25, 0.3) is 0 Å². The van der Waals surface area contributed by atoms with E-state index in [0.29, 0.717) is 22.5 Å². The number of methoxy groups -OCH3 is 1. The third-order valence-corrected chi connectivity index (χ3v) is 3.86. The van der Waals surface area contributed by atoms with Crippen molar-refractivity contribution in [2.75, 3.05) is 17.7 Å². The first-order valence-corrected chi connectivity index (χ1v) is 8.07. The second-order valence-corrected chi connectivity index (χ2v) is 6.01. The summed E-state index contributed by atoms with van der Waals surface area (Å²) in [6.07, 6.45) is 1.55. The molecule has 2 N–H and O–H groups in total. The number of nitrogens with one attached hydrogen (secondary N) is 2. The lowest BCUT2D eigenvalue weighted by Crippen LogP contribution is -2.04. The summed E-state index contributed by atoms with van der Waals surface area (Å²) in [5.74, 6) is 1.64. The van der Waals surface area contributed by atoms with E-state index in [9.17, 15) is 0 Å². The van der Waals surface area contributed by atoms with E-state index in [-0.39, 0.29) is 0 Å². The Morgan fingerprint density at radius 3 is 2.64 bits per heavy atom. The second-order valence-electron chi connectivity index (χ2n) is 5.58. The van der Waals surface area contributed by atoms with Crippen molar-refractivity contribution in [3.63, 3.8) is 0 Å². The molecule has 0 unspecified atom stereocenters. The van der Waals surface area contributed by atoms with E-state index in [1.165, 1.54) is 0 Å². The van der Waals surface area contributed by atoms with Crippen molar-refractivity contribution in [2.24, 2.45) is 0 Å². The summed E-state index contributed by atoms with van der Waals surface area (Å²) in [6.45, 7) is 3.99. The zero-order chi connectivity index (χ0) is 17.8. The molecule has 0 atom stereocenters. The fraction of sp³-hybridized carbons (Fsp3) is 0.167. The van der Waals surface area contributed by atoms with Gasteiger partial charge in [-0.25, -0.2) is 0 Å². The number of nitrogens with zero attached hydrogens (tertiary/aromatic N) is 3. The molecule has 0 fully saturated rings. The normalized spacial score (nSPS) is 10.4. The molecule has 0 bridgehead atoms. The monoisotopic (exact) mass is 355 g/mol. The standard InChI is InChI=1S/C18H18ClN5O/c1-11-4-7-16(25-3)15(8-11)22-18-23-17(10-20-24-18)21-14-9-13(19)6-5-12(14)2/h4-10H,1-3H3,(H2,21,22,23,24). The van der Waals surface area contributed by atoms with Gasteiger partial charge in [-0.15, -0.1) is 5.10 Å². The van der Waals surface area contributed by atoms with Crippen LogP contribution in [-0.4, -0.2) is 22.3 Å². The minimum absolute atomic E-state index is 0.369. The van der Waals surface area contributed by atoms with Gasteiger partial charge in [0.15, 0.2) is 5.82 Å². The zero-order valence-electron chi connectivity index (χ0n) is 14.2. The van der Waals surface area contributed by atoms with Crippen LogP contribution in [0, 0.1) is 13.8 Å². The van der Waals surface area contributed by atoms with Crippen molar-refractivity contribution in [2.45, 2.75) is 13.8 Å². The summed E-state index contributed by atoms with van der Waals surface area (Å²) in [5, 5.41) is 15.0.